The van der Waals surface area contributed by atoms with E-state index in [0.29, 0.717) is 24.9 Å². The predicted octanol–water partition coefficient (Wildman–Crippen LogP) is 2.59. The Bertz CT molecular complexity index is 344. The molecular formula is C13H24N4O. The lowest BCUT2D eigenvalue weighted by atomic mass is 10.2. The van der Waals surface area contributed by atoms with Crippen LogP contribution in [-0.4, -0.2) is 23.1 Å². The molecule has 0 atom stereocenters. The van der Waals surface area contributed by atoms with Crippen molar-refractivity contribution in [1.29, 1.82) is 0 Å². The van der Waals surface area contributed by atoms with Gasteiger partial charge in [-0.1, -0.05) is 26.2 Å². The number of aromatic nitrogens is 2. The number of unbranched alkanes of at least 4 members (excludes halogenated alkanes) is 3. The molecule has 0 unspecified atom stereocenters. The number of hydrogen-bond donors (Lipinski definition) is 2. The highest BCUT2D eigenvalue weighted by Crippen LogP contribution is 2.09. The molecule has 0 spiro atoms. The zero-order valence-corrected chi connectivity index (χ0v) is 11.4. The van der Waals surface area contributed by atoms with Gasteiger partial charge in [-0.25, -0.2) is 9.97 Å². The van der Waals surface area contributed by atoms with Crippen molar-refractivity contribution in [3.05, 3.63) is 11.9 Å². The number of nitrogen functional groups attached to an aromatic ring is 1. The van der Waals surface area contributed by atoms with Gasteiger partial charge in [0.25, 0.3) is 0 Å². The van der Waals surface area contributed by atoms with Gasteiger partial charge in [-0.2, -0.15) is 0 Å². The molecule has 0 saturated heterocycles. The lowest BCUT2D eigenvalue weighted by molar-refractivity contribution is 0.128. The Hall–Kier alpha value is -1.36. The van der Waals surface area contributed by atoms with Crippen molar-refractivity contribution in [3.8, 4) is 0 Å². The summed E-state index contributed by atoms with van der Waals surface area (Å²) in [5.74, 6) is 1.90. The van der Waals surface area contributed by atoms with Crippen LogP contribution >= 0.6 is 0 Å². The Morgan fingerprint density at radius 3 is 2.78 bits per heavy atom. The number of hydrogen-bond acceptors (Lipinski definition) is 5. The third kappa shape index (κ3) is 5.82. The second-order valence-electron chi connectivity index (χ2n) is 4.22. The topological polar surface area (TPSA) is 73.1 Å². The molecule has 18 heavy (non-hydrogen) atoms. The SMILES string of the molecule is CCCCCCNc1cc(N)nc(COCC)n1. The first-order valence-electron chi connectivity index (χ1n) is 6.71. The standard InChI is InChI=1S/C13H24N4O/c1-3-5-6-7-8-15-12-9-11(14)16-13(17-12)10-18-4-2/h9H,3-8,10H2,1-2H3,(H3,14,15,16,17). The van der Waals surface area contributed by atoms with E-state index >= 15 is 0 Å². The maximum atomic E-state index is 5.74. The summed E-state index contributed by atoms with van der Waals surface area (Å²) in [6, 6.07) is 1.76. The molecule has 0 aliphatic rings. The van der Waals surface area contributed by atoms with E-state index < -0.39 is 0 Å². The highest BCUT2D eigenvalue weighted by molar-refractivity contribution is 5.44. The van der Waals surface area contributed by atoms with E-state index in [0.717, 1.165) is 18.8 Å². The number of rotatable bonds is 9. The molecule has 5 nitrogen and oxygen atoms in total. The molecule has 0 radical (unpaired) electrons. The van der Waals surface area contributed by atoms with E-state index in [1.165, 1.54) is 19.3 Å². The largest absolute Gasteiger partial charge is 0.384 e. The second kappa shape index (κ2) is 8.69. The Morgan fingerprint density at radius 2 is 2.06 bits per heavy atom. The Morgan fingerprint density at radius 1 is 1.22 bits per heavy atom. The molecule has 102 valence electrons. The number of anilines is 2. The van der Waals surface area contributed by atoms with Gasteiger partial charge >= 0.3 is 0 Å². The molecule has 0 aliphatic heterocycles. The average molecular weight is 252 g/mol. The summed E-state index contributed by atoms with van der Waals surface area (Å²) in [6.45, 7) is 6.13. The van der Waals surface area contributed by atoms with Crippen molar-refractivity contribution in [3.63, 3.8) is 0 Å². The minimum atomic E-state index is 0.409. The highest BCUT2D eigenvalue weighted by Gasteiger charge is 2.02. The van der Waals surface area contributed by atoms with Crippen molar-refractivity contribution in [1.82, 2.24) is 9.97 Å². The Kier molecular flexibility index (Phi) is 7.10. The minimum Gasteiger partial charge on any atom is -0.384 e. The zero-order valence-electron chi connectivity index (χ0n) is 11.4. The smallest absolute Gasteiger partial charge is 0.158 e. The van der Waals surface area contributed by atoms with Crippen LogP contribution in [0, 0.1) is 0 Å². The van der Waals surface area contributed by atoms with E-state index in [4.69, 9.17) is 10.5 Å². The van der Waals surface area contributed by atoms with Crippen LogP contribution in [0.25, 0.3) is 0 Å². The van der Waals surface area contributed by atoms with Crippen LogP contribution in [-0.2, 0) is 11.3 Å². The fraction of sp³-hybridized carbons (Fsp3) is 0.692. The van der Waals surface area contributed by atoms with Crippen molar-refractivity contribution in [2.45, 2.75) is 46.1 Å². The van der Waals surface area contributed by atoms with E-state index in [1.54, 1.807) is 6.07 Å². The molecule has 0 bridgehead atoms. The summed E-state index contributed by atoms with van der Waals surface area (Å²) in [6.07, 6.45) is 4.93. The van der Waals surface area contributed by atoms with Crippen LogP contribution in [0.4, 0.5) is 11.6 Å². The number of nitrogens with two attached hydrogens (primary N) is 1. The molecule has 1 aromatic rings. The van der Waals surface area contributed by atoms with Gasteiger partial charge in [0.2, 0.25) is 0 Å². The molecule has 1 rings (SSSR count). The summed E-state index contributed by atoms with van der Waals surface area (Å²) >= 11 is 0. The fourth-order valence-electron chi connectivity index (χ4n) is 1.63. The highest BCUT2D eigenvalue weighted by atomic mass is 16.5. The first-order valence-corrected chi connectivity index (χ1v) is 6.71. The lowest BCUT2D eigenvalue weighted by Crippen LogP contribution is -2.08. The summed E-state index contributed by atoms with van der Waals surface area (Å²) in [5, 5.41) is 3.27. The van der Waals surface area contributed by atoms with Gasteiger partial charge in [0.15, 0.2) is 5.82 Å². The first kappa shape index (κ1) is 14.7. The summed E-state index contributed by atoms with van der Waals surface area (Å²) in [5.41, 5.74) is 5.74. The van der Waals surface area contributed by atoms with Gasteiger partial charge in [0.05, 0.1) is 0 Å². The Balaban J connectivity index is 2.41. The first-order chi connectivity index (χ1) is 8.76. The van der Waals surface area contributed by atoms with Crippen molar-refractivity contribution in [2.75, 3.05) is 24.2 Å². The van der Waals surface area contributed by atoms with Crippen LogP contribution in [0.3, 0.4) is 0 Å². The van der Waals surface area contributed by atoms with Gasteiger partial charge in [-0.05, 0) is 13.3 Å². The molecular weight excluding hydrogens is 228 g/mol. The van der Waals surface area contributed by atoms with Crippen molar-refractivity contribution in [2.24, 2.45) is 0 Å². The van der Waals surface area contributed by atoms with Gasteiger partial charge in [0, 0.05) is 19.2 Å². The third-order valence-corrected chi connectivity index (χ3v) is 2.56. The van der Waals surface area contributed by atoms with Crippen LogP contribution in [0.15, 0.2) is 6.07 Å². The van der Waals surface area contributed by atoms with Crippen molar-refractivity contribution < 1.29 is 4.74 Å². The molecule has 0 saturated carbocycles. The summed E-state index contributed by atoms with van der Waals surface area (Å²) in [4.78, 5) is 8.49. The number of nitrogens with one attached hydrogen (secondary N) is 1. The molecule has 3 N–H and O–H groups in total. The molecule has 0 aliphatic carbocycles. The summed E-state index contributed by atoms with van der Waals surface area (Å²) in [7, 11) is 0. The molecule has 1 aromatic heterocycles. The van der Waals surface area contributed by atoms with Gasteiger partial charge in [-0.15, -0.1) is 0 Å². The molecule has 0 aromatic carbocycles. The fourth-order valence-corrected chi connectivity index (χ4v) is 1.63. The maximum Gasteiger partial charge on any atom is 0.158 e. The monoisotopic (exact) mass is 252 g/mol. The molecule has 0 fully saturated rings. The quantitative estimate of drug-likeness (QED) is 0.661. The second-order valence-corrected chi connectivity index (χ2v) is 4.22. The van der Waals surface area contributed by atoms with E-state index in [9.17, 15) is 0 Å². The van der Waals surface area contributed by atoms with Crippen LogP contribution in [0.1, 0.15) is 45.4 Å². The van der Waals surface area contributed by atoms with Gasteiger partial charge in [-0.3, -0.25) is 0 Å². The maximum absolute atomic E-state index is 5.74. The zero-order chi connectivity index (χ0) is 13.2. The molecule has 1 heterocycles. The van der Waals surface area contributed by atoms with E-state index in [2.05, 4.69) is 22.2 Å². The van der Waals surface area contributed by atoms with Crippen LogP contribution in [0.2, 0.25) is 0 Å². The third-order valence-electron chi connectivity index (χ3n) is 2.56. The Labute approximate surface area is 109 Å². The van der Waals surface area contributed by atoms with Crippen molar-refractivity contribution >= 4 is 11.6 Å². The number of ether oxygens (including phenoxy) is 1. The normalized spacial score (nSPS) is 10.6. The molecule has 5 heteroatoms. The van der Waals surface area contributed by atoms with Gasteiger partial charge in [0.1, 0.15) is 18.2 Å². The van der Waals surface area contributed by atoms with Crippen LogP contribution in [0.5, 0.6) is 0 Å². The number of nitrogens with zero attached hydrogens (tertiary/aromatic N) is 2. The van der Waals surface area contributed by atoms with Gasteiger partial charge < -0.3 is 15.8 Å². The molecule has 0 amide bonds. The van der Waals surface area contributed by atoms with E-state index in [1.807, 2.05) is 6.92 Å². The van der Waals surface area contributed by atoms with Crippen LogP contribution < -0.4 is 11.1 Å². The average Bonchev–Trinajstić information content (AvgIpc) is 2.35. The predicted molar refractivity (Wildman–Crippen MR) is 74.4 cm³/mol. The summed E-state index contributed by atoms with van der Waals surface area (Å²) < 4.78 is 5.28. The lowest BCUT2D eigenvalue weighted by Gasteiger charge is -2.08. The van der Waals surface area contributed by atoms with E-state index in [-0.39, 0.29) is 0 Å². The minimum absolute atomic E-state index is 0.409.